The van der Waals surface area contributed by atoms with Crippen molar-refractivity contribution in [3.05, 3.63) is 86.3 Å². The Balaban J connectivity index is 2.06. The van der Waals surface area contributed by atoms with Crippen LogP contribution in [-0.4, -0.2) is 27.9 Å². The molecule has 0 spiro atoms. The highest BCUT2D eigenvalue weighted by molar-refractivity contribution is 6.32. The molecule has 1 aromatic heterocycles. The van der Waals surface area contributed by atoms with E-state index in [0.29, 0.717) is 5.56 Å². The third-order valence-electron chi connectivity index (χ3n) is 5.55. The van der Waals surface area contributed by atoms with Crippen LogP contribution >= 0.6 is 0 Å². The first kappa shape index (κ1) is 19.8. The lowest BCUT2D eigenvalue weighted by Crippen LogP contribution is -2.23. The molecule has 6 heteroatoms. The zero-order chi connectivity index (χ0) is 21.7. The normalized spacial score (nSPS) is 15.3. The number of aryl methyl sites for hydroxylation is 1. The average molecular weight is 404 g/mol. The van der Waals surface area contributed by atoms with Gasteiger partial charge in [-0.15, -0.1) is 0 Å². The largest absolute Gasteiger partial charge is 0.507 e. The van der Waals surface area contributed by atoms with E-state index in [1.807, 2.05) is 0 Å². The van der Waals surface area contributed by atoms with Crippen LogP contribution in [0.5, 0.6) is 5.75 Å². The molecule has 0 aliphatic heterocycles. The number of phenols is 1. The number of aromatic hydroxyl groups is 1. The summed E-state index contributed by atoms with van der Waals surface area (Å²) in [6, 6.07) is 7.14. The molecule has 0 radical (unpaired) electrons. The van der Waals surface area contributed by atoms with E-state index in [0.717, 1.165) is 0 Å². The average Bonchev–Trinajstić information content (AvgIpc) is 2.70. The fraction of sp³-hybridized carbons (Fsp3) is 0.208. The predicted molar refractivity (Wildman–Crippen MR) is 111 cm³/mol. The molecular formula is C24H20O6. The molecule has 30 heavy (non-hydrogen) atoms. The van der Waals surface area contributed by atoms with Crippen LogP contribution in [0.15, 0.2) is 51.7 Å². The highest BCUT2D eigenvalue weighted by atomic mass is 16.3. The molecule has 0 saturated heterocycles. The number of rotatable bonds is 3. The highest BCUT2D eigenvalue weighted by Gasteiger charge is 2.35. The number of phenolic OH excluding ortho intramolecular Hbond substituents is 1. The van der Waals surface area contributed by atoms with Crippen molar-refractivity contribution in [1.82, 2.24) is 0 Å². The Morgan fingerprint density at radius 1 is 1.03 bits per heavy atom. The zero-order valence-electron chi connectivity index (χ0n) is 16.7. The molecule has 1 heterocycles. The zero-order valence-corrected chi connectivity index (χ0v) is 16.7. The molecule has 0 amide bonds. The number of fused-ring (bicyclic) bond motifs is 4. The van der Waals surface area contributed by atoms with Gasteiger partial charge in [0, 0.05) is 23.1 Å². The molecule has 0 bridgehead atoms. The van der Waals surface area contributed by atoms with Gasteiger partial charge in [0.15, 0.2) is 11.2 Å². The number of carbonyl (C=O) groups excluding carboxylic acids is 2. The first-order chi connectivity index (χ1) is 14.3. The van der Waals surface area contributed by atoms with Crippen LogP contribution in [0.25, 0.3) is 11.0 Å². The summed E-state index contributed by atoms with van der Waals surface area (Å²) in [7, 11) is 0. The number of ketones is 2. The molecule has 3 aromatic rings. The van der Waals surface area contributed by atoms with Crippen LogP contribution < -0.4 is 5.43 Å². The number of carbonyl (C=O) groups is 2. The van der Waals surface area contributed by atoms with Crippen LogP contribution in [0.2, 0.25) is 0 Å². The second kappa shape index (κ2) is 7.07. The smallest absolute Gasteiger partial charge is 0.202 e. The number of hydrogen-bond donors (Lipinski definition) is 2. The van der Waals surface area contributed by atoms with Crippen molar-refractivity contribution in [2.45, 2.75) is 32.8 Å². The van der Waals surface area contributed by atoms with Crippen molar-refractivity contribution in [2.75, 3.05) is 0 Å². The van der Waals surface area contributed by atoms with E-state index in [1.54, 1.807) is 32.9 Å². The minimum absolute atomic E-state index is 0.000666. The lowest BCUT2D eigenvalue weighted by molar-refractivity contribution is 0.0977. The second-order valence-corrected chi connectivity index (χ2v) is 7.50. The molecule has 1 aliphatic rings. The molecule has 2 aromatic carbocycles. The maximum absolute atomic E-state index is 13.3. The first-order valence-electron chi connectivity index (χ1n) is 9.59. The summed E-state index contributed by atoms with van der Waals surface area (Å²) >= 11 is 0. The van der Waals surface area contributed by atoms with Crippen LogP contribution in [0.3, 0.4) is 0 Å². The van der Waals surface area contributed by atoms with Gasteiger partial charge in [0.1, 0.15) is 17.1 Å². The van der Waals surface area contributed by atoms with Gasteiger partial charge < -0.3 is 14.6 Å². The Kier molecular flexibility index (Phi) is 4.67. The lowest BCUT2D eigenvalue weighted by atomic mass is 9.81. The summed E-state index contributed by atoms with van der Waals surface area (Å²) in [5.74, 6) is -1.65. The third kappa shape index (κ3) is 2.80. The molecule has 4 rings (SSSR count). The number of allylic oxidation sites excluding steroid dienone is 1. The van der Waals surface area contributed by atoms with E-state index in [-0.39, 0.29) is 50.2 Å². The Morgan fingerprint density at radius 2 is 1.77 bits per heavy atom. The molecule has 2 unspecified atom stereocenters. The fourth-order valence-corrected chi connectivity index (χ4v) is 3.94. The van der Waals surface area contributed by atoms with Crippen molar-refractivity contribution in [3.8, 4) is 5.75 Å². The van der Waals surface area contributed by atoms with E-state index in [1.165, 1.54) is 30.3 Å². The lowest BCUT2D eigenvalue weighted by Gasteiger charge is -2.21. The van der Waals surface area contributed by atoms with Gasteiger partial charge in [-0.3, -0.25) is 14.4 Å². The van der Waals surface area contributed by atoms with Crippen molar-refractivity contribution in [3.63, 3.8) is 0 Å². The van der Waals surface area contributed by atoms with Crippen LogP contribution in [0, 0.1) is 6.92 Å². The fourth-order valence-electron chi connectivity index (χ4n) is 3.94. The van der Waals surface area contributed by atoms with Crippen molar-refractivity contribution in [2.24, 2.45) is 0 Å². The van der Waals surface area contributed by atoms with Gasteiger partial charge >= 0.3 is 0 Å². The SMILES string of the molecule is CC=CC(O)C(C)c1cc(=O)c2c(C)cc3c(c2o1)C(=O)c1c(O)cccc1C3=O. The van der Waals surface area contributed by atoms with E-state index in [4.69, 9.17) is 4.42 Å². The number of hydrogen-bond acceptors (Lipinski definition) is 6. The monoisotopic (exact) mass is 404 g/mol. The van der Waals surface area contributed by atoms with E-state index in [9.17, 15) is 24.6 Å². The molecule has 2 atom stereocenters. The van der Waals surface area contributed by atoms with Crippen LogP contribution in [0.1, 0.15) is 62.9 Å². The standard InChI is InChI=1S/C24H20O6/c1-4-6-15(25)12(3)18-10-17(27)19-11(2)9-14-21(24(19)30-18)23(29)20-13(22(14)28)7-5-8-16(20)26/h4-10,12,15,25-26H,1-3H3. The van der Waals surface area contributed by atoms with Crippen molar-refractivity contribution >= 4 is 22.5 Å². The van der Waals surface area contributed by atoms with E-state index < -0.39 is 23.6 Å². The Morgan fingerprint density at radius 3 is 2.47 bits per heavy atom. The van der Waals surface area contributed by atoms with Crippen molar-refractivity contribution in [1.29, 1.82) is 0 Å². The maximum atomic E-state index is 13.3. The first-order valence-corrected chi connectivity index (χ1v) is 9.59. The highest BCUT2D eigenvalue weighted by Crippen LogP contribution is 2.37. The Hall–Kier alpha value is -3.51. The number of aliphatic hydroxyl groups is 1. The van der Waals surface area contributed by atoms with Crippen LogP contribution in [0.4, 0.5) is 0 Å². The summed E-state index contributed by atoms with van der Waals surface area (Å²) in [6.45, 7) is 5.14. The van der Waals surface area contributed by atoms with E-state index >= 15 is 0 Å². The van der Waals surface area contributed by atoms with Gasteiger partial charge in [-0.1, -0.05) is 31.2 Å². The summed E-state index contributed by atoms with van der Waals surface area (Å²) in [5.41, 5.74) is 0.243. The third-order valence-corrected chi connectivity index (χ3v) is 5.55. The van der Waals surface area contributed by atoms with Crippen LogP contribution in [-0.2, 0) is 0 Å². The minimum atomic E-state index is -0.890. The summed E-state index contributed by atoms with van der Waals surface area (Å²) in [5, 5.41) is 20.7. The Bertz CT molecular complexity index is 1310. The molecule has 152 valence electrons. The van der Waals surface area contributed by atoms with Gasteiger partial charge in [-0.05, 0) is 31.5 Å². The molecule has 6 nitrogen and oxygen atoms in total. The molecule has 0 fully saturated rings. The van der Waals surface area contributed by atoms with Crippen molar-refractivity contribution < 1.29 is 24.2 Å². The summed E-state index contributed by atoms with van der Waals surface area (Å²) in [4.78, 5) is 39.2. The van der Waals surface area contributed by atoms with Gasteiger partial charge in [0.2, 0.25) is 5.78 Å². The molecule has 1 aliphatic carbocycles. The second-order valence-electron chi connectivity index (χ2n) is 7.50. The quantitative estimate of drug-likeness (QED) is 0.505. The maximum Gasteiger partial charge on any atom is 0.202 e. The topological polar surface area (TPSA) is 105 Å². The number of benzene rings is 2. The molecular weight excluding hydrogens is 384 g/mol. The van der Waals surface area contributed by atoms with Gasteiger partial charge in [0.25, 0.3) is 0 Å². The van der Waals surface area contributed by atoms with E-state index in [2.05, 4.69) is 0 Å². The Labute approximate surface area is 172 Å². The minimum Gasteiger partial charge on any atom is -0.507 e. The molecule has 0 saturated carbocycles. The summed E-state index contributed by atoms with van der Waals surface area (Å²) in [6.07, 6.45) is 2.37. The van der Waals surface area contributed by atoms with Gasteiger partial charge in [-0.25, -0.2) is 0 Å². The summed E-state index contributed by atoms with van der Waals surface area (Å²) < 4.78 is 5.98. The molecule has 2 N–H and O–H groups in total. The van der Waals surface area contributed by atoms with Gasteiger partial charge in [-0.2, -0.15) is 0 Å². The number of aliphatic hydroxyl groups excluding tert-OH is 1. The van der Waals surface area contributed by atoms with Gasteiger partial charge in [0.05, 0.1) is 22.6 Å². The predicted octanol–water partition coefficient (Wildman–Crippen LogP) is 3.62.